The first-order chi connectivity index (χ1) is 10.6. The Labute approximate surface area is 131 Å². The third-order valence-corrected chi connectivity index (χ3v) is 3.31. The van der Waals surface area contributed by atoms with E-state index in [1.165, 1.54) is 0 Å². The summed E-state index contributed by atoms with van der Waals surface area (Å²) < 4.78 is 21.5. The first-order valence-corrected chi connectivity index (χ1v) is 8.59. The molecule has 120 valence electrons. The van der Waals surface area contributed by atoms with Crippen LogP contribution in [-0.2, 0) is 4.57 Å². The summed E-state index contributed by atoms with van der Waals surface area (Å²) in [6, 6.07) is 16.7. The zero-order valence-corrected chi connectivity index (χ0v) is 13.7. The van der Waals surface area contributed by atoms with Crippen LogP contribution in [0.25, 0.3) is 0 Å². The van der Waals surface area contributed by atoms with Gasteiger partial charge < -0.3 is 14.4 Å². The molecular formula is C16H22NO4P. The van der Waals surface area contributed by atoms with Gasteiger partial charge in [-0.25, -0.2) is 4.57 Å². The molecule has 6 heteroatoms. The average Bonchev–Trinajstić information content (AvgIpc) is 2.50. The second-order valence-corrected chi connectivity index (χ2v) is 5.54. The van der Waals surface area contributed by atoms with Crippen molar-refractivity contribution in [1.82, 2.24) is 5.32 Å². The van der Waals surface area contributed by atoms with Crippen LogP contribution in [0.1, 0.15) is 13.8 Å². The second-order valence-electron chi connectivity index (χ2n) is 4.23. The molecule has 0 radical (unpaired) electrons. The van der Waals surface area contributed by atoms with Crippen LogP contribution < -0.4 is 14.4 Å². The maximum absolute atomic E-state index is 11.7. The van der Waals surface area contributed by atoms with Gasteiger partial charge in [0.15, 0.2) is 0 Å². The first kappa shape index (κ1) is 18.2. The van der Waals surface area contributed by atoms with E-state index < -0.39 is 7.82 Å². The molecule has 0 spiro atoms. The Morgan fingerprint density at radius 1 is 0.864 bits per heavy atom. The lowest BCUT2D eigenvalue weighted by Gasteiger charge is -2.13. The molecule has 22 heavy (non-hydrogen) atoms. The molecule has 2 aromatic rings. The number of hydrogen-bond acceptors (Lipinski definition) is 4. The van der Waals surface area contributed by atoms with Crippen molar-refractivity contribution in [2.24, 2.45) is 0 Å². The number of nitrogens with one attached hydrogen (secondary N) is 1. The van der Waals surface area contributed by atoms with Gasteiger partial charge in [0.1, 0.15) is 11.5 Å². The third-order valence-electron chi connectivity index (χ3n) is 2.43. The Kier molecular flexibility index (Phi) is 8.30. The topological polar surface area (TPSA) is 67.8 Å². The minimum atomic E-state index is -4.14. The molecule has 0 heterocycles. The van der Waals surface area contributed by atoms with Gasteiger partial charge in [-0.1, -0.05) is 50.2 Å². The fourth-order valence-electron chi connectivity index (χ4n) is 1.50. The highest BCUT2D eigenvalue weighted by molar-refractivity contribution is 7.48. The number of para-hydroxylation sites is 2. The van der Waals surface area contributed by atoms with Gasteiger partial charge in [0.25, 0.3) is 0 Å². The molecule has 0 amide bonds. The predicted molar refractivity (Wildman–Crippen MR) is 88.2 cm³/mol. The molecule has 0 aromatic heterocycles. The zero-order valence-electron chi connectivity index (χ0n) is 12.8. The van der Waals surface area contributed by atoms with E-state index in [4.69, 9.17) is 9.05 Å². The average molecular weight is 323 g/mol. The minimum Gasteiger partial charge on any atom is -0.395 e. The van der Waals surface area contributed by atoms with Crippen LogP contribution in [0, 0.1) is 0 Å². The van der Waals surface area contributed by atoms with E-state index in [0.717, 1.165) is 13.1 Å². The van der Waals surface area contributed by atoms with Crippen molar-refractivity contribution in [3.8, 4) is 11.5 Å². The maximum atomic E-state index is 11.7. The summed E-state index contributed by atoms with van der Waals surface area (Å²) in [6.07, 6.45) is 0. The fourth-order valence-corrected chi connectivity index (χ4v) is 2.31. The number of rotatable bonds is 6. The van der Waals surface area contributed by atoms with Crippen molar-refractivity contribution >= 4 is 7.82 Å². The van der Waals surface area contributed by atoms with Crippen LogP contribution in [0.3, 0.4) is 0 Å². The van der Waals surface area contributed by atoms with Crippen LogP contribution in [0.15, 0.2) is 60.7 Å². The normalized spacial score (nSPS) is 10.3. The van der Waals surface area contributed by atoms with Crippen LogP contribution in [0.4, 0.5) is 0 Å². The van der Waals surface area contributed by atoms with E-state index in [-0.39, 0.29) is 11.5 Å². The van der Waals surface area contributed by atoms with Crippen LogP contribution >= 0.6 is 7.82 Å². The van der Waals surface area contributed by atoms with Gasteiger partial charge in [-0.3, -0.25) is 4.89 Å². The molecule has 0 atom stereocenters. The predicted octanol–water partition coefficient (Wildman–Crippen LogP) is 3.86. The lowest BCUT2D eigenvalue weighted by Crippen LogP contribution is -2.09. The molecule has 0 saturated heterocycles. The number of hydrogen-bond donors (Lipinski definition) is 2. The highest BCUT2D eigenvalue weighted by Crippen LogP contribution is 2.43. The first-order valence-electron chi connectivity index (χ1n) is 7.10. The Bertz CT molecular complexity index is 515. The summed E-state index contributed by atoms with van der Waals surface area (Å²) in [6.45, 7) is 6.39. The number of benzene rings is 2. The van der Waals surface area contributed by atoms with Gasteiger partial charge in [0, 0.05) is 0 Å². The van der Waals surface area contributed by atoms with Crippen molar-refractivity contribution in [1.29, 1.82) is 0 Å². The van der Waals surface area contributed by atoms with Gasteiger partial charge in [0.05, 0.1) is 0 Å². The highest BCUT2D eigenvalue weighted by atomic mass is 31.2. The van der Waals surface area contributed by atoms with Gasteiger partial charge in [-0.15, -0.1) is 0 Å². The standard InChI is InChI=1S/C12H11O4P.C4H11N/c13-17(14,15-11-7-3-1-4-8-11)16-12-9-5-2-6-10-12;1-3-5-4-2/h1-10H,(H,13,14);5H,3-4H2,1-2H3. The summed E-state index contributed by atoms with van der Waals surface area (Å²) in [5.74, 6) is 0.573. The maximum Gasteiger partial charge on any atom is 0.584 e. The molecule has 2 N–H and O–H groups in total. The Morgan fingerprint density at radius 3 is 1.50 bits per heavy atom. The van der Waals surface area contributed by atoms with Gasteiger partial charge in [0.2, 0.25) is 0 Å². The van der Waals surface area contributed by atoms with Crippen molar-refractivity contribution in [3.05, 3.63) is 60.7 Å². The van der Waals surface area contributed by atoms with E-state index in [1.807, 2.05) is 0 Å². The summed E-state index contributed by atoms with van der Waals surface area (Å²) in [5.41, 5.74) is 0. The van der Waals surface area contributed by atoms with E-state index in [0.29, 0.717) is 0 Å². The van der Waals surface area contributed by atoms with E-state index in [1.54, 1.807) is 60.7 Å². The van der Waals surface area contributed by atoms with E-state index in [2.05, 4.69) is 19.2 Å². The lowest BCUT2D eigenvalue weighted by molar-refractivity contribution is 0.291. The quantitative estimate of drug-likeness (QED) is 0.790. The number of phosphoric acid groups is 1. The molecule has 0 saturated carbocycles. The number of phosphoric ester groups is 1. The fraction of sp³-hybridized carbons (Fsp3) is 0.250. The molecule has 0 aliphatic carbocycles. The molecule has 0 aliphatic rings. The molecule has 2 rings (SSSR count). The largest absolute Gasteiger partial charge is 0.584 e. The molecule has 0 unspecified atom stereocenters. The van der Waals surface area contributed by atoms with E-state index >= 15 is 0 Å². The second kappa shape index (κ2) is 10.0. The third kappa shape index (κ3) is 7.84. The SMILES string of the molecule is CCNCC.O=P(O)(Oc1ccccc1)Oc1ccccc1. The Balaban J connectivity index is 0.000000422. The zero-order chi connectivity index (χ0) is 16.3. The van der Waals surface area contributed by atoms with Crippen LogP contribution in [0.2, 0.25) is 0 Å². The van der Waals surface area contributed by atoms with Crippen molar-refractivity contribution in [3.63, 3.8) is 0 Å². The molecule has 2 aromatic carbocycles. The molecule has 0 bridgehead atoms. The van der Waals surface area contributed by atoms with Gasteiger partial charge >= 0.3 is 7.82 Å². The Hall–Kier alpha value is -1.81. The molecule has 5 nitrogen and oxygen atoms in total. The summed E-state index contributed by atoms with van der Waals surface area (Å²) >= 11 is 0. The van der Waals surface area contributed by atoms with Crippen molar-refractivity contribution in [2.45, 2.75) is 13.8 Å². The minimum absolute atomic E-state index is 0.286. The molecule has 0 fully saturated rings. The van der Waals surface area contributed by atoms with Crippen LogP contribution in [-0.4, -0.2) is 18.0 Å². The van der Waals surface area contributed by atoms with Gasteiger partial charge in [-0.2, -0.15) is 0 Å². The monoisotopic (exact) mass is 323 g/mol. The van der Waals surface area contributed by atoms with Crippen LogP contribution in [0.5, 0.6) is 11.5 Å². The molecular weight excluding hydrogens is 301 g/mol. The molecule has 0 aliphatic heterocycles. The van der Waals surface area contributed by atoms with Gasteiger partial charge in [-0.05, 0) is 37.4 Å². The van der Waals surface area contributed by atoms with Crippen molar-refractivity contribution < 1.29 is 18.5 Å². The highest BCUT2D eigenvalue weighted by Gasteiger charge is 2.24. The van der Waals surface area contributed by atoms with E-state index in [9.17, 15) is 9.46 Å². The van der Waals surface area contributed by atoms with Crippen molar-refractivity contribution in [2.75, 3.05) is 13.1 Å². The smallest absolute Gasteiger partial charge is 0.395 e. The summed E-state index contributed by atoms with van der Waals surface area (Å²) in [7, 11) is -4.14. The Morgan fingerprint density at radius 2 is 1.23 bits per heavy atom. The lowest BCUT2D eigenvalue weighted by atomic mass is 10.3. The summed E-state index contributed by atoms with van der Waals surface area (Å²) in [5, 5.41) is 3.11. The summed E-state index contributed by atoms with van der Waals surface area (Å²) in [4.78, 5) is 9.53.